The van der Waals surface area contributed by atoms with Crippen molar-refractivity contribution in [1.29, 1.82) is 0 Å². The normalized spacial score (nSPS) is 18.5. The lowest BCUT2D eigenvalue weighted by atomic mass is 10.0. The fourth-order valence-electron chi connectivity index (χ4n) is 2.47. The van der Waals surface area contributed by atoms with Gasteiger partial charge in [0.05, 0.1) is 7.11 Å². The standard InChI is InChI=1S/C14H19N3O3/c1-15-13(18)11-9-10(6-7-16-11)17-8-4-3-5-12(17)14(19)20-2/h6-7,9,12H,3-5,8H2,1-2H3,(H,15,18). The maximum Gasteiger partial charge on any atom is 0.328 e. The van der Waals surface area contributed by atoms with Crippen LogP contribution in [0.1, 0.15) is 29.8 Å². The van der Waals surface area contributed by atoms with Gasteiger partial charge in [0.2, 0.25) is 0 Å². The summed E-state index contributed by atoms with van der Waals surface area (Å²) in [7, 11) is 2.96. The summed E-state index contributed by atoms with van der Waals surface area (Å²) >= 11 is 0. The summed E-state index contributed by atoms with van der Waals surface area (Å²) in [4.78, 5) is 29.5. The average Bonchev–Trinajstić information content (AvgIpc) is 2.53. The van der Waals surface area contributed by atoms with Crippen LogP contribution in [0.5, 0.6) is 0 Å². The second-order valence-corrected chi connectivity index (χ2v) is 4.71. The molecule has 1 atom stereocenters. The highest BCUT2D eigenvalue weighted by molar-refractivity contribution is 5.93. The van der Waals surface area contributed by atoms with Crippen molar-refractivity contribution in [1.82, 2.24) is 10.3 Å². The van der Waals surface area contributed by atoms with Gasteiger partial charge in [0.1, 0.15) is 11.7 Å². The first-order valence-corrected chi connectivity index (χ1v) is 6.70. The van der Waals surface area contributed by atoms with Gasteiger partial charge in [0.15, 0.2) is 0 Å². The monoisotopic (exact) mass is 277 g/mol. The predicted octanol–water partition coefficient (Wildman–Crippen LogP) is 0.973. The SMILES string of the molecule is CNC(=O)c1cc(N2CCCCC2C(=O)OC)ccn1. The zero-order valence-electron chi connectivity index (χ0n) is 11.8. The van der Waals surface area contributed by atoms with Crippen molar-refractivity contribution in [2.45, 2.75) is 25.3 Å². The second kappa shape index (κ2) is 6.36. The Morgan fingerprint density at radius 1 is 1.45 bits per heavy atom. The molecule has 1 aromatic heterocycles. The van der Waals surface area contributed by atoms with Crippen molar-refractivity contribution < 1.29 is 14.3 Å². The zero-order valence-corrected chi connectivity index (χ0v) is 11.8. The van der Waals surface area contributed by atoms with Crippen molar-refractivity contribution in [2.75, 3.05) is 25.6 Å². The molecule has 0 bridgehead atoms. The van der Waals surface area contributed by atoms with E-state index < -0.39 is 0 Å². The molecule has 2 rings (SSSR count). The number of methoxy groups -OCH3 is 1. The Balaban J connectivity index is 2.28. The molecule has 1 unspecified atom stereocenters. The van der Waals surface area contributed by atoms with E-state index in [1.54, 1.807) is 19.3 Å². The molecule has 108 valence electrons. The summed E-state index contributed by atoms with van der Waals surface area (Å²) in [6.45, 7) is 0.775. The predicted molar refractivity (Wildman–Crippen MR) is 74.6 cm³/mol. The van der Waals surface area contributed by atoms with E-state index in [2.05, 4.69) is 10.3 Å². The Bertz CT molecular complexity index is 504. The first-order chi connectivity index (χ1) is 9.67. The molecule has 1 N–H and O–H groups in total. The molecule has 1 saturated heterocycles. The molecular formula is C14H19N3O3. The summed E-state index contributed by atoms with van der Waals surface area (Å²) < 4.78 is 4.86. The number of esters is 1. The molecule has 1 aliphatic rings. The van der Waals surface area contributed by atoms with E-state index >= 15 is 0 Å². The molecule has 0 saturated carbocycles. The van der Waals surface area contributed by atoms with Gasteiger partial charge in [-0.2, -0.15) is 0 Å². The molecule has 1 amide bonds. The number of pyridine rings is 1. The molecule has 20 heavy (non-hydrogen) atoms. The van der Waals surface area contributed by atoms with Crippen LogP contribution < -0.4 is 10.2 Å². The third-order valence-electron chi connectivity index (χ3n) is 3.51. The summed E-state index contributed by atoms with van der Waals surface area (Å²) in [6, 6.07) is 3.24. The van der Waals surface area contributed by atoms with E-state index in [0.29, 0.717) is 5.69 Å². The van der Waals surface area contributed by atoms with Crippen LogP contribution in [0.4, 0.5) is 5.69 Å². The third-order valence-corrected chi connectivity index (χ3v) is 3.51. The first-order valence-electron chi connectivity index (χ1n) is 6.70. The Morgan fingerprint density at radius 2 is 2.25 bits per heavy atom. The lowest BCUT2D eigenvalue weighted by Gasteiger charge is -2.35. The van der Waals surface area contributed by atoms with E-state index in [4.69, 9.17) is 4.74 Å². The lowest BCUT2D eigenvalue weighted by Crippen LogP contribution is -2.45. The minimum atomic E-state index is -0.284. The topological polar surface area (TPSA) is 71.5 Å². The zero-order chi connectivity index (χ0) is 14.5. The van der Waals surface area contributed by atoms with Crippen molar-refractivity contribution in [2.24, 2.45) is 0 Å². The summed E-state index contributed by atoms with van der Waals surface area (Å²) in [6.07, 6.45) is 4.38. The quantitative estimate of drug-likeness (QED) is 0.834. The van der Waals surface area contributed by atoms with Gasteiger partial charge in [-0.25, -0.2) is 4.79 Å². The first kappa shape index (κ1) is 14.3. The van der Waals surface area contributed by atoms with Crippen LogP contribution in [-0.2, 0) is 9.53 Å². The molecular weight excluding hydrogens is 258 g/mol. The van der Waals surface area contributed by atoms with Crippen LogP contribution in [0.25, 0.3) is 0 Å². The van der Waals surface area contributed by atoms with Gasteiger partial charge in [-0.05, 0) is 31.4 Å². The summed E-state index contributed by atoms with van der Waals surface area (Å²) in [5.74, 6) is -0.471. The van der Waals surface area contributed by atoms with Crippen molar-refractivity contribution in [3.63, 3.8) is 0 Å². The number of ether oxygens (including phenoxy) is 1. The maximum absolute atomic E-state index is 11.9. The molecule has 6 heteroatoms. The Labute approximate surface area is 118 Å². The number of piperidine rings is 1. The van der Waals surface area contributed by atoms with Gasteiger partial charge in [-0.3, -0.25) is 9.78 Å². The number of anilines is 1. The molecule has 1 aromatic rings. The van der Waals surface area contributed by atoms with Gasteiger partial charge < -0.3 is 15.0 Å². The highest BCUT2D eigenvalue weighted by Crippen LogP contribution is 2.25. The van der Waals surface area contributed by atoms with Gasteiger partial charge in [-0.1, -0.05) is 0 Å². The molecule has 0 radical (unpaired) electrons. The van der Waals surface area contributed by atoms with Gasteiger partial charge in [0.25, 0.3) is 5.91 Å². The highest BCUT2D eigenvalue weighted by atomic mass is 16.5. The summed E-state index contributed by atoms with van der Waals surface area (Å²) in [5, 5.41) is 2.54. The van der Waals surface area contributed by atoms with Crippen LogP contribution in [0.15, 0.2) is 18.3 Å². The number of aromatic nitrogens is 1. The lowest BCUT2D eigenvalue weighted by molar-refractivity contribution is -0.142. The number of nitrogens with zero attached hydrogens (tertiary/aromatic N) is 2. The van der Waals surface area contributed by atoms with E-state index in [1.165, 1.54) is 7.11 Å². The number of hydrogen-bond acceptors (Lipinski definition) is 5. The van der Waals surface area contributed by atoms with Crippen molar-refractivity contribution in [3.8, 4) is 0 Å². The maximum atomic E-state index is 11.9. The molecule has 0 aliphatic carbocycles. The van der Waals surface area contributed by atoms with Crippen LogP contribution in [0, 0.1) is 0 Å². The molecule has 2 heterocycles. The minimum Gasteiger partial charge on any atom is -0.467 e. The highest BCUT2D eigenvalue weighted by Gasteiger charge is 2.30. The van der Waals surface area contributed by atoms with Crippen LogP contribution in [0.3, 0.4) is 0 Å². The Hall–Kier alpha value is -2.11. The number of hydrogen-bond donors (Lipinski definition) is 1. The molecule has 1 fully saturated rings. The fraction of sp³-hybridized carbons (Fsp3) is 0.500. The van der Waals surface area contributed by atoms with E-state index in [9.17, 15) is 9.59 Å². The van der Waals surface area contributed by atoms with Crippen LogP contribution in [-0.4, -0.2) is 43.6 Å². The molecule has 1 aliphatic heterocycles. The number of carbonyl (C=O) groups excluding carboxylic acids is 2. The number of rotatable bonds is 3. The van der Waals surface area contributed by atoms with Crippen molar-refractivity contribution >= 4 is 17.6 Å². The summed E-state index contributed by atoms with van der Waals surface area (Å²) in [5.41, 5.74) is 1.17. The molecule has 6 nitrogen and oxygen atoms in total. The van der Waals surface area contributed by atoms with E-state index in [-0.39, 0.29) is 17.9 Å². The molecule has 0 spiro atoms. The van der Waals surface area contributed by atoms with Gasteiger partial charge in [0, 0.05) is 25.5 Å². The fourth-order valence-corrected chi connectivity index (χ4v) is 2.47. The van der Waals surface area contributed by atoms with Gasteiger partial charge >= 0.3 is 5.97 Å². The molecule has 0 aromatic carbocycles. The van der Waals surface area contributed by atoms with Crippen LogP contribution in [0.2, 0.25) is 0 Å². The average molecular weight is 277 g/mol. The number of carbonyl (C=O) groups is 2. The van der Waals surface area contributed by atoms with Gasteiger partial charge in [-0.15, -0.1) is 0 Å². The van der Waals surface area contributed by atoms with Crippen LogP contribution >= 0.6 is 0 Å². The third kappa shape index (κ3) is 2.89. The smallest absolute Gasteiger partial charge is 0.328 e. The van der Waals surface area contributed by atoms with Crippen molar-refractivity contribution in [3.05, 3.63) is 24.0 Å². The Kier molecular flexibility index (Phi) is 4.55. The largest absolute Gasteiger partial charge is 0.467 e. The van der Waals surface area contributed by atoms with E-state index in [0.717, 1.165) is 31.5 Å². The minimum absolute atomic E-state index is 0.233. The second-order valence-electron chi connectivity index (χ2n) is 4.71. The van der Waals surface area contributed by atoms with E-state index in [1.807, 2.05) is 11.0 Å². The number of nitrogens with one attached hydrogen (secondary N) is 1. The Morgan fingerprint density at radius 3 is 2.95 bits per heavy atom. The number of amides is 1.